The molecule has 0 saturated carbocycles. The lowest BCUT2D eigenvalue weighted by Crippen LogP contribution is -2.21. The minimum Gasteiger partial charge on any atom is -0.369 e. The molecule has 0 aliphatic heterocycles. The van der Waals surface area contributed by atoms with Crippen LogP contribution in [0.2, 0.25) is 0 Å². The lowest BCUT2D eigenvalue weighted by atomic mass is 10.2. The number of halogens is 4. The van der Waals surface area contributed by atoms with E-state index in [0.29, 0.717) is 12.3 Å². The van der Waals surface area contributed by atoms with Crippen LogP contribution in [0, 0.1) is 23.3 Å². The van der Waals surface area contributed by atoms with Gasteiger partial charge in [-0.1, -0.05) is 0 Å². The van der Waals surface area contributed by atoms with Gasteiger partial charge in [0.15, 0.2) is 23.3 Å². The second-order valence-electron chi connectivity index (χ2n) is 2.66. The van der Waals surface area contributed by atoms with E-state index in [1.54, 1.807) is 0 Å². The maximum atomic E-state index is 13.0. The fourth-order valence-electron chi connectivity index (χ4n) is 0.843. The summed E-state index contributed by atoms with van der Waals surface area (Å²) >= 11 is 0. The molecule has 8 heteroatoms. The Balaban J connectivity index is 3.16. The van der Waals surface area contributed by atoms with Crippen LogP contribution in [0.1, 0.15) is 5.56 Å². The largest absolute Gasteiger partial charge is 0.369 e. The molecule has 0 spiro atoms. The highest BCUT2D eigenvalue weighted by molar-refractivity contribution is 5.81. The molecule has 4 N–H and O–H groups in total. The summed E-state index contributed by atoms with van der Waals surface area (Å²) in [5, 5.41) is 6.21. The summed E-state index contributed by atoms with van der Waals surface area (Å²) in [6.45, 7) is 0. The topological polar surface area (TPSA) is 76.8 Å². The van der Waals surface area contributed by atoms with Crippen LogP contribution >= 0.6 is 0 Å². The number of nitrogens with zero attached hydrogens (tertiary/aromatic N) is 2. The number of hydrogen-bond donors (Lipinski definition) is 2. The summed E-state index contributed by atoms with van der Waals surface area (Å²) in [5.41, 5.74) is 9.17. The van der Waals surface area contributed by atoms with Gasteiger partial charge < -0.3 is 11.5 Å². The zero-order chi connectivity index (χ0) is 12.3. The van der Waals surface area contributed by atoms with Gasteiger partial charge in [0.25, 0.3) is 0 Å². The first-order chi connectivity index (χ1) is 7.43. The van der Waals surface area contributed by atoms with Gasteiger partial charge >= 0.3 is 0 Å². The molecule has 0 unspecified atom stereocenters. The number of benzene rings is 1. The molecule has 0 aromatic heterocycles. The molecule has 0 bridgehead atoms. The third-order valence-corrected chi connectivity index (χ3v) is 1.50. The predicted molar refractivity (Wildman–Crippen MR) is 49.7 cm³/mol. The first kappa shape index (κ1) is 12.0. The van der Waals surface area contributed by atoms with Crippen molar-refractivity contribution >= 4 is 12.2 Å². The Hall–Kier alpha value is -2.12. The van der Waals surface area contributed by atoms with Gasteiger partial charge in [-0.15, -0.1) is 5.10 Å². The van der Waals surface area contributed by atoms with Crippen molar-refractivity contribution in [2.45, 2.75) is 0 Å². The van der Waals surface area contributed by atoms with Crippen molar-refractivity contribution < 1.29 is 17.6 Å². The zero-order valence-corrected chi connectivity index (χ0v) is 7.72. The van der Waals surface area contributed by atoms with Gasteiger partial charge in [-0.05, 0) is 6.07 Å². The van der Waals surface area contributed by atoms with E-state index in [1.165, 1.54) is 0 Å². The zero-order valence-electron chi connectivity index (χ0n) is 7.72. The summed E-state index contributed by atoms with van der Waals surface area (Å²) in [6, 6.07) is 0.430. The Kier molecular flexibility index (Phi) is 3.44. The highest BCUT2D eigenvalue weighted by Crippen LogP contribution is 2.17. The standard InChI is InChI=1S/C8H6F4N4/c9-4-1-3(2-15-16-8(13)14)5(10)7(12)6(4)11/h1-2H,(H4,13,14,16). The molecule has 0 aliphatic carbocycles. The van der Waals surface area contributed by atoms with Crippen molar-refractivity contribution in [2.75, 3.05) is 0 Å². The third kappa shape index (κ3) is 2.47. The van der Waals surface area contributed by atoms with Crippen molar-refractivity contribution in [3.63, 3.8) is 0 Å². The van der Waals surface area contributed by atoms with E-state index in [4.69, 9.17) is 11.5 Å². The lowest BCUT2D eigenvalue weighted by molar-refractivity contribution is 0.408. The van der Waals surface area contributed by atoms with Crippen LogP contribution < -0.4 is 11.5 Å². The summed E-state index contributed by atoms with van der Waals surface area (Å²) in [7, 11) is 0. The van der Waals surface area contributed by atoms with Gasteiger partial charge in [0, 0.05) is 5.56 Å². The van der Waals surface area contributed by atoms with Crippen LogP contribution in [0.5, 0.6) is 0 Å². The Morgan fingerprint density at radius 2 is 1.69 bits per heavy atom. The van der Waals surface area contributed by atoms with Gasteiger partial charge in [0.1, 0.15) is 0 Å². The molecule has 1 rings (SSSR count). The van der Waals surface area contributed by atoms with Crippen LogP contribution in [-0.2, 0) is 0 Å². The normalized spacial score (nSPS) is 10.8. The summed E-state index contributed by atoms with van der Waals surface area (Å²) < 4.78 is 50.9. The van der Waals surface area contributed by atoms with Gasteiger partial charge in [0.2, 0.25) is 5.96 Å². The van der Waals surface area contributed by atoms with E-state index >= 15 is 0 Å². The molecule has 16 heavy (non-hydrogen) atoms. The van der Waals surface area contributed by atoms with Crippen LogP contribution in [0.4, 0.5) is 17.6 Å². The van der Waals surface area contributed by atoms with Crippen molar-refractivity contribution in [3.8, 4) is 0 Å². The molecule has 0 fully saturated rings. The minimum absolute atomic E-state index is 0.417. The maximum Gasteiger partial charge on any atom is 0.211 e. The smallest absolute Gasteiger partial charge is 0.211 e. The van der Waals surface area contributed by atoms with E-state index in [9.17, 15) is 17.6 Å². The Morgan fingerprint density at radius 3 is 2.25 bits per heavy atom. The summed E-state index contributed by atoms with van der Waals surface area (Å²) in [4.78, 5) is 0. The molecule has 0 amide bonds. The van der Waals surface area contributed by atoms with Crippen molar-refractivity contribution in [1.29, 1.82) is 0 Å². The molecule has 0 atom stereocenters. The van der Waals surface area contributed by atoms with E-state index < -0.39 is 34.8 Å². The van der Waals surface area contributed by atoms with Crippen molar-refractivity contribution in [2.24, 2.45) is 21.7 Å². The molecule has 0 saturated heterocycles. The summed E-state index contributed by atoms with van der Waals surface area (Å²) in [5.74, 6) is -7.35. The fourth-order valence-corrected chi connectivity index (χ4v) is 0.843. The monoisotopic (exact) mass is 234 g/mol. The highest BCUT2D eigenvalue weighted by Gasteiger charge is 2.17. The minimum atomic E-state index is -1.92. The Morgan fingerprint density at radius 1 is 1.06 bits per heavy atom. The van der Waals surface area contributed by atoms with E-state index in [0.717, 1.165) is 0 Å². The lowest BCUT2D eigenvalue weighted by Gasteiger charge is -2.00. The quantitative estimate of drug-likeness (QED) is 0.199. The fraction of sp³-hybridized carbons (Fsp3) is 0. The van der Waals surface area contributed by atoms with Crippen LogP contribution in [0.15, 0.2) is 16.3 Å². The molecule has 0 radical (unpaired) electrons. The van der Waals surface area contributed by atoms with Gasteiger partial charge in [0.05, 0.1) is 6.21 Å². The molecular formula is C8H6F4N4. The average molecular weight is 234 g/mol. The number of rotatable bonds is 2. The van der Waals surface area contributed by atoms with Crippen molar-refractivity contribution in [3.05, 3.63) is 34.9 Å². The first-order valence-electron chi connectivity index (χ1n) is 3.88. The molecule has 86 valence electrons. The predicted octanol–water partition coefficient (Wildman–Crippen LogP) is 0.850. The number of nitrogens with two attached hydrogens (primary N) is 2. The molecule has 4 nitrogen and oxygen atoms in total. The van der Waals surface area contributed by atoms with Gasteiger partial charge in [-0.3, -0.25) is 0 Å². The van der Waals surface area contributed by atoms with Crippen LogP contribution in [-0.4, -0.2) is 12.2 Å². The highest BCUT2D eigenvalue weighted by atomic mass is 19.2. The Bertz CT molecular complexity index is 466. The third-order valence-electron chi connectivity index (χ3n) is 1.50. The van der Waals surface area contributed by atoms with Crippen LogP contribution in [0.3, 0.4) is 0 Å². The first-order valence-corrected chi connectivity index (χ1v) is 3.88. The second-order valence-corrected chi connectivity index (χ2v) is 2.66. The second kappa shape index (κ2) is 4.60. The van der Waals surface area contributed by atoms with Gasteiger partial charge in [-0.2, -0.15) is 5.10 Å². The molecule has 0 aliphatic rings. The van der Waals surface area contributed by atoms with Gasteiger partial charge in [-0.25, -0.2) is 17.6 Å². The van der Waals surface area contributed by atoms with E-state index in [2.05, 4.69) is 10.2 Å². The SMILES string of the molecule is NC(N)=NN=Cc1cc(F)c(F)c(F)c1F. The maximum absolute atomic E-state index is 13.0. The number of guanidine groups is 1. The van der Waals surface area contributed by atoms with Crippen LogP contribution in [0.25, 0.3) is 0 Å². The van der Waals surface area contributed by atoms with E-state index in [1.807, 2.05) is 0 Å². The van der Waals surface area contributed by atoms with Crippen molar-refractivity contribution in [1.82, 2.24) is 0 Å². The molecule has 0 heterocycles. The molecule has 1 aromatic carbocycles. The average Bonchev–Trinajstić information content (AvgIpc) is 2.22. The number of hydrogen-bond acceptors (Lipinski definition) is 2. The molecule has 1 aromatic rings. The van der Waals surface area contributed by atoms with E-state index in [-0.39, 0.29) is 0 Å². The Labute approximate surface area is 87.3 Å². The molecular weight excluding hydrogens is 228 g/mol. The summed E-state index contributed by atoms with van der Waals surface area (Å²) in [6.07, 6.45) is 0.653.